The monoisotopic (exact) mass is 346 g/mol. The van der Waals surface area contributed by atoms with Gasteiger partial charge < -0.3 is 14.2 Å². The fourth-order valence-electron chi connectivity index (χ4n) is 4.38. The molecule has 0 radical (unpaired) electrons. The predicted molar refractivity (Wildman–Crippen MR) is 95.3 cm³/mol. The topological polar surface area (TPSA) is 43.8 Å². The van der Waals surface area contributed by atoms with Gasteiger partial charge in [-0.25, -0.2) is 0 Å². The van der Waals surface area contributed by atoms with Gasteiger partial charge in [0.15, 0.2) is 0 Å². The highest BCUT2D eigenvalue weighted by Gasteiger charge is 2.39. The summed E-state index contributed by atoms with van der Waals surface area (Å²) in [5, 5.41) is 0. The summed E-state index contributed by atoms with van der Waals surface area (Å²) in [7, 11) is 0. The van der Waals surface area contributed by atoms with E-state index in [0.717, 1.165) is 70.9 Å². The zero-order chi connectivity index (χ0) is 16.9. The molecule has 3 fully saturated rings. The summed E-state index contributed by atoms with van der Waals surface area (Å²) in [5.41, 5.74) is 1.16. The zero-order valence-electron chi connectivity index (χ0n) is 15.0. The van der Waals surface area contributed by atoms with Crippen LogP contribution in [0.15, 0.2) is 24.4 Å². The lowest BCUT2D eigenvalue weighted by Crippen LogP contribution is -2.43. The highest BCUT2D eigenvalue weighted by atomic mass is 16.5. The third-order valence-electron chi connectivity index (χ3n) is 5.84. The normalized spacial score (nSPS) is 31.1. The number of likely N-dealkylation sites (tertiary alicyclic amines) is 1. The van der Waals surface area contributed by atoms with E-state index in [9.17, 15) is 0 Å². The van der Waals surface area contributed by atoms with Crippen molar-refractivity contribution < 1.29 is 14.2 Å². The summed E-state index contributed by atoms with van der Waals surface area (Å²) in [4.78, 5) is 7.02. The van der Waals surface area contributed by atoms with Gasteiger partial charge in [-0.15, -0.1) is 0 Å². The van der Waals surface area contributed by atoms with E-state index in [-0.39, 0.29) is 6.10 Å². The van der Waals surface area contributed by atoms with Gasteiger partial charge in [0.1, 0.15) is 0 Å². The van der Waals surface area contributed by atoms with E-state index in [0.29, 0.717) is 18.1 Å². The van der Waals surface area contributed by atoms with Crippen molar-refractivity contribution in [3.05, 3.63) is 30.1 Å². The molecule has 0 aromatic carbocycles. The number of rotatable bonds is 6. The van der Waals surface area contributed by atoms with Crippen LogP contribution in [0.5, 0.6) is 0 Å². The second-order valence-corrected chi connectivity index (χ2v) is 7.61. The number of fused-ring (bicyclic) bond motifs is 1. The molecule has 0 bridgehead atoms. The summed E-state index contributed by atoms with van der Waals surface area (Å²) in [6.45, 7) is 5.45. The van der Waals surface area contributed by atoms with E-state index < -0.39 is 0 Å². The summed E-state index contributed by atoms with van der Waals surface area (Å²) < 4.78 is 17.7. The number of hydrogen-bond donors (Lipinski definition) is 0. The first-order valence-corrected chi connectivity index (χ1v) is 9.83. The molecule has 138 valence electrons. The van der Waals surface area contributed by atoms with Crippen molar-refractivity contribution >= 4 is 0 Å². The molecule has 3 saturated heterocycles. The minimum Gasteiger partial charge on any atom is -0.381 e. The number of pyridine rings is 1. The van der Waals surface area contributed by atoms with Crippen molar-refractivity contribution in [3.8, 4) is 0 Å². The van der Waals surface area contributed by atoms with Crippen LogP contribution in [0, 0.1) is 5.92 Å². The predicted octanol–water partition coefficient (Wildman–Crippen LogP) is 2.65. The molecular weight excluding hydrogens is 316 g/mol. The molecule has 0 saturated carbocycles. The molecule has 0 amide bonds. The molecule has 1 aromatic rings. The molecule has 0 spiro atoms. The van der Waals surface area contributed by atoms with Gasteiger partial charge in [-0.1, -0.05) is 6.07 Å². The van der Waals surface area contributed by atoms with Crippen LogP contribution < -0.4 is 0 Å². The number of ether oxygens (including phenoxy) is 3. The minimum atomic E-state index is 0.274. The smallest absolute Gasteiger partial charge is 0.0813 e. The van der Waals surface area contributed by atoms with Gasteiger partial charge in [0.2, 0.25) is 0 Å². The van der Waals surface area contributed by atoms with Crippen LogP contribution in [0.2, 0.25) is 0 Å². The van der Waals surface area contributed by atoms with Gasteiger partial charge in [0.25, 0.3) is 0 Å². The Morgan fingerprint density at radius 2 is 2.00 bits per heavy atom. The molecule has 1 aromatic heterocycles. The fourth-order valence-corrected chi connectivity index (χ4v) is 4.38. The first-order valence-electron chi connectivity index (χ1n) is 9.83. The van der Waals surface area contributed by atoms with Crippen LogP contribution in [-0.2, 0) is 20.8 Å². The van der Waals surface area contributed by atoms with Crippen molar-refractivity contribution in [3.63, 3.8) is 0 Å². The average Bonchev–Trinajstić information content (AvgIpc) is 3.06. The molecule has 0 unspecified atom stereocenters. The molecule has 5 nitrogen and oxygen atoms in total. The molecule has 3 aliphatic heterocycles. The quantitative estimate of drug-likeness (QED) is 0.792. The third kappa shape index (κ3) is 4.59. The van der Waals surface area contributed by atoms with Gasteiger partial charge in [-0.05, 0) is 50.2 Å². The standard InChI is InChI=1S/C20H30N2O3/c1-2-9-21-17(3-1)13-22-10-6-20-19(22)5-4-18(25-20)15-24-14-16-7-11-23-12-8-16/h1-3,9,16,18-20H,4-8,10-15H2/t18-,19+,20+/m0/s1. The number of nitrogens with zero attached hydrogens (tertiary/aromatic N) is 2. The first kappa shape index (κ1) is 17.4. The Balaban J connectivity index is 1.20. The van der Waals surface area contributed by atoms with E-state index in [4.69, 9.17) is 14.2 Å². The lowest BCUT2D eigenvalue weighted by molar-refractivity contribution is -0.105. The fraction of sp³-hybridized carbons (Fsp3) is 0.750. The van der Waals surface area contributed by atoms with Crippen molar-refractivity contribution in [2.75, 3.05) is 33.0 Å². The Labute approximate surface area is 150 Å². The molecule has 0 N–H and O–H groups in total. The van der Waals surface area contributed by atoms with E-state index >= 15 is 0 Å². The molecule has 4 heterocycles. The molecule has 3 atom stereocenters. The van der Waals surface area contributed by atoms with Crippen LogP contribution in [0.1, 0.15) is 37.8 Å². The van der Waals surface area contributed by atoms with Crippen molar-refractivity contribution in [1.82, 2.24) is 9.88 Å². The third-order valence-corrected chi connectivity index (χ3v) is 5.84. The summed E-state index contributed by atoms with van der Waals surface area (Å²) in [6, 6.07) is 6.71. The molecule has 25 heavy (non-hydrogen) atoms. The average molecular weight is 346 g/mol. The summed E-state index contributed by atoms with van der Waals surface area (Å²) in [6.07, 6.45) is 8.25. The first-order chi connectivity index (χ1) is 12.4. The van der Waals surface area contributed by atoms with Crippen LogP contribution in [0.3, 0.4) is 0 Å². The minimum absolute atomic E-state index is 0.274. The molecule has 3 aliphatic rings. The van der Waals surface area contributed by atoms with Crippen LogP contribution in [0.25, 0.3) is 0 Å². The zero-order valence-corrected chi connectivity index (χ0v) is 15.0. The van der Waals surface area contributed by atoms with Gasteiger partial charge in [0.05, 0.1) is 24.5 Å². The highest BCUT2D eigenvalue weighted by molar-refractivity contribution is 5.05. The van der Waals surface area contributed by atoms with Gasteiger partial charge in [0, 0.05) is 45.1 Å². The Bertz CT molecular complexity index is 521. The lowest BCUT2D eigenvalue weighted by atomic mass is 9.99. The molecular formula is C20H30N2O3. The highest BCUT2D eigenvalue weighted by Crippen LogP contribution is 2.32. The number of aromatic nitrogens is 1. The maximum absolute atomic E-state index is 6.36. The SMILES string of the molecule is c1ccc(CN2CC[C@H]3O[C@H](COCC4CCOCC4)CC[C@H]32)nc1. The summed E-state index contributed by atoms with van der Waals surface area (Å²) in [5.74, 6) is 0.672. The second kappa shape index (κ2) is 8.58. The van der Waals surface area contributed by atoms with E-state index in [1.165, 1.54) is 6.42 Å². The molecule has 0 aliphatic carbocycles. The Morgan fingerprint density at radius 3 is 2.84 bits per heavy atom. The lowest BCUT2D eigenvalue weighted by Gasteiger charge is -2.36. The Morgan fingerprint density at radius 1 is 1.08 bits per heavy atom. The maximum Gasteiger partial charge on any atom is 0.0813 e. The van der Waals surface area contributed by atoms with E-state index in [1.807, 2.05) is 12.3 Å². The van der Waals surface area contributed by atoms with Crippen LogP contribution in [-0.4, -0.2) is 61.1 Å². The van der Waals surface area contributed by atoms with E-state index in [2.05, 4.69) is 22.0 Å². The summed E-state index contributed by atoms with van der Waals surface area (Å²) >= 11 is 0. The van der Waals surface area contributed by atoms with E-state index in [1.54, 1.807) is 0 Å². The molecule has 4 rings (SSSR count). The van der Waals surface area contributed by atoms with Crippen molar-refractivity contribution in [2.24, 2.45) is 5.92 Å². The Kier molecular flexibility index (Phi) is 5.98. The number of hydrogen-bond acceptors (Lipinski definition) is 5. The Hall–Kier alpha value is -1.01. The van der Waals surface area contributed by atoms with Crippen molar-refractivity contribution in [1.29, 1.82) is 0 Å². The van der Waals surface area contributed by atoms with Gasteiger partial charge in [-0.2, -0.15) is 0 Å². The maximum atomic E-state index is 6.36. The van der Waals surface area contributed by atoms with Gasteiger partial charge >= 0.3 is 0 Å². The molecule has 5 heteroatoms. The van der Waals surface area contributed by atoms with Crippen LogP contribution >= 0.6 is 0 Å². The second-order valence-electron chi connectivity index (χ2n) is 7.61. The largest absolute Gasteiger partial charge is 0.381 e. The van der Waals surface area contributed by atoms with Gasteiger partial charge in [-0.3, -0.25) is 9.88 Å². The van der Waals surface area contributed by atoms with Crippen molar-refractivity contribution in [2.45, 2.75) is 56.9 Å². The van der Waals surface area contributed by atoms with Crippen LogP contribution in [0.4, 0.5) is 0 Å².